The van der Waals surface area contributed by atoms with Crippen molar-refractivity contribution in [1.82, 2.24) is 0 Å². The molecule has 0 aliphatic carbocycles. The molecule has 0 atom stereocenters. The van der Waals surface area contributed by atoms with Crippen LogP contribution in [-0.2, 0) is 0 Å². The van der Waals surface area contributed by atoms with Gasteiger partial charge < -0.3 is 0 Å². The predicted molar refractivity (Wildman–Crippen MR) is 82.0 cm³/mol. The second kappa shape index (κ2) is 4.66. The zero-order valence-electron chi connectivity index (χ0n) is 10.4. The van der Waals surface area contributed by atoms with E-state index in [4.69, 9.17) is 23.2 Å². The van der Waals surface area contributed by atoms with Gasteiger partial charge in [0.2, 0.25) is 9.84 Å². The largest absolute Gasteiger partial charge is 0.205 e. The first-order valence-electron chi connectivity index (χ1n) is 5.71. The fourth-order valence-electron chi connectivity index (χ4n) is 1.66. The van der Waals surface area contributed by atoms with Gasteiger partial charge in [0.25, 0.3) is 0 Å². The van der Waals surface area contributed by atoms with Crippen LogP contribution in [0.4, 0.5) is 15.5 Å². The summed E-state index contributed by atoms with van der Waals surface area (Å²) in [5, 5.41) is -1.05. The van der Waals surface area contributed by atoms with Crippen LogP contribution in [0.2, 0.25) is 5.02 Å². The second-order valence-electron chi connectivity index (χ2n) is 4.42. The Hall–Kier alpha value is -1.17. The first-order chi connectivity index (χ1) is 9.50. The van der Waals surface area contributed by atoms with E-state index in [0.29, 0.717) is 12.1 Å². The Morgan fingerprint density at radius 3 is 1.90 bits per heavy atom. The highest BCUT2D eigenvalue weighted by Crippen LogP contribution is 3.02. The van der Waals surface area contributed by atoms with E-state index in [1.807, 2.05) is 0 Å². The molecule has 0 heterocycles. The number of hydrogen-bond acceptors (Lipinski definition) is 0. The van der Waals surface area contributed by atoms with Crippen molar-refractivity contribution in [2.75, 3.05) is 0 Å². The Balaban J connectivity index is 2.59. The third-order valence-corrected chi connectivity index (χ3v) is 5.37. The Morgan fingerprint density at radius 1 is 0.857 bits per heavy atom. The monoisotopic (exact) mass is 356 g/mol. The number of hydrogen-bond donors (Lipinski definition) is 0. The van der Waals surface area contributed by atoms with E-state index in [-0.39, 0.29) is 10.6 Å². The van der Waals surface area contributed by atoms with E-state index in [0.717, 1.165) is 12.1 Å². The minimum atomic E-state index is -8.63. The summed E-state index contributed by atoms with van der Waals surface area (Å²) in [5.41, 5.74) is 0.0868. The van der Waals surface area contributed by atoms with Crippen molar-refractivity contribution < 1.29 is 15.5 Å². The van der Waals surface area contributed by atoms with Crippen LogP contribution in [0.25, 0.3) is 5.03 Å². The summed E-state index contributed by atoms with van der Waals surface area (Å²) < 4.78 is 56.7. The fourth-order valence-corrected chi connectivity index (χ4v) is 3.84. The van der Waals surface area contributed by atoms with Crippen molar-refractivity contribution in [2.24, 2.45) is 0 Å². The lowest BCUT2D eigenvalue weighted by Crippen LogP contribution is -2.10. The maximum Gasteiger partial charge on any atom is 0.205 e. The molecule has 2 rings (SSSR count). The summed E-state index contributed by atoms with van der Waals surface area (Å²) in [4.78, 5) is -1.39. The summed E-state index contributed by atoms with van der Waals surface area (Å²) in [6.45, 7) is 0. The van der Waals surface area contributed by atoms with Gasteiger partial charge in [0.15, 0.2) is 0 Å². The van der Waals surface area contributed by atoms with Gasteiger partial charge in [-0.3, -0.25) is 0 Å². The Labute approximate surface area is 129 Å². The van der Waals surface area contributed by atoms with Gasteiger partial charge in [-0.05, 0) is 29.8 Å². The van der Waals surface area contributed by atoms with Gasteiger partial charge in [-0.2, -0.15) is 0 Å². The second-order valence-corrected chi connectivity index (χ2v) is 8.23. The van der Waals surface area contributed by atoms with Crippen molar-refractivity contribution in [2.45, 2.75) is 4.90 Å². The standard InChI is InChI=1S/C14H10Cl2F4S/c15-12-6-8-13(9-7-12)21(17,18,19,20)10-14(16)11-4-2-1-3-5-11/h1-10H. The molecular formula is C14H10Cl2F4S. The molecule has 2 aromatic rings. The SMILES string of the molecule is FS(F)(F)(F)(C=C(Cl)c1ccccc1)c1ccc(Cl)cc1. The molecule has 0 unspecified atom stereocenters. The molecule has 0 N–H and O–H groups in total. The van der Waals surface area contributed by atoms with E-state index in [1.54, 1.807) is 6.07 Å². The summed E-state index contributed by atoms with van der Waals surface area (Å²) >= 11 is 11.2. The number of benzene rings is 2. The zero-order valence-corrected chi connectivity index (χ0v) is 12.8. The molecule has 0 bridgehead atoms. The van der Waals surface area contributed by atoms with Crippen LogP contribution in [0.1, 0.15) is 5.56 Å². The topological polar surface area (TPSA) is 0 Å². The molecular weight excluding hydrogens is 347 g/mol. The van der Waals surface area contributed by atoms with Crippen molar-refractivity contribution in [3.63, 3.8) is 0 Å². The minimum Gasteiger partial charge on any atom is -0.117 e. The maximum atomic E-state index is 14.2. The van der Waals surface area contributed by atoms with E-state index in [1.165, 1.54) is 24.3 Å². The van der Waals surface area contributed by atoms with Crippen molar-refractivity contribution in [3.8, 4) is 0 Å². The molecule has 7 heteroatoms. The molecule has 0 amide bonds. The van der Waals surface area contributed by atoms with Gasteiger partial charge in [0, 0.05) is 5.02 Å². The van der Waals surface area contributed by atoms with Crippen LogP contribution in [0.3, 0.4) is 0 Å². The van der Waals surface area contributed by atoms with Gasteiger partial charge in [-0.1, -0.05) is 53.5 Å². The Morgan fingerprint density at radius 2 is 1.38 bits per heavy atom. The Kier molecular flexibility index (Phi) is 3.60. The summed E-state index contributed by atoms with van der Waals surface area (Å²) in [6.07, 6.45) is 0. The molecule has 0 aromatic heterocycles. The molecule has 0 spiro atoms. The average Bonchev–Trinajstić information content (AvgIpc) is 2.38. The van der Waals surface area contributed by atoms with Crippen molar-refractivity contribution >= 4 is 38.1 Å². The molecule has 0 fully saturated rings. The van der Waals surface area contributed by atoms with Crippen LogP contribution >= 0.6 is 33.0 Å². The fraction of sp³-hybridized carbons (Fsp3) is 0. The molecule has 0 aliphatic heterocycles. The molecule has 21 heavy (non-hydrogen) atoms. The summed E-state index contributed by atoms with van der Waals surface area (Å²) in [6, 6.07) is 10.6. The number of halogens is 6. The molecule has 114 valence electrons. The van der Waals surface area contributed by atoms with Gasteiger partial charge in [-0.25, -0.2) is 0 Å². The molecule has 2 aromatic carbocycles. The summed E-state index contributed by atoms with van der Waals surface area (Å²) in [5.74, 6) is 0. The van der Waals surface area contributed by atoms with Crippen LogP contribution in [0.5, 0.6) is 0 Å². The highest BCUT2D eigenvalue weighted by atomic mass is 35.5. The van der Waals surface area contributed by atoms with E-state index >= 15 is 0 Å². The normalized spacial score (nSPS) is 16.2. The molecule has 0 saturated carbocycles. The molecule has 0 radical (unpaired) electrons. The van der Waals surface area contributed by atoms with Gasteiger partial charge in [0.05, 0.1) is 15.3 Å². The van der Waals surface area contributed by atoms with Crippen LogP contribution in [-0.4, -0.2) is 0 Å². The van der Waals surface area contributed by atoms with Gasteiger partial charge in [0.1, 0.15) is 0 Å². The highest BCUT2D eigenvalue weighted by molar-refractivity contribution is 8.52. The van der Waals surface area contributed by atoms with Crippen molar-refractivity contribution in [1.29, 1.82) is 0 Å². The van der Waals surface area contributed by atoms with Crippen LogP contribution in [0, 0.1) is 0 Å². The zero-order chi connectivity index (χ0) is 15.8. The van der Waals surface area contributed by atoms with E-state index in [2.05, 4.69) is 0 Å². The van der Waals surface area contributed by atoms with Crippen LogP contribution < -0.4 is 0 Å². The molecule has 0 saturated heterocycles. The van der Waals surface area contributed by atoms with Gasteiger partial charge >= 0.3 is 0 Å². The van der Waals surface area contributed by atoms with E-state index in [9.17, 15) is 15.5 Å². The molecule has 0 aliphatic rings. The quantitative estimate of drug-likeness (QED) is 0.504. The smallest absolute Gasteiger partial charge is 0.117 e. The lowest BCUT2D eigenvalue weighted by Gasteiger charge is -2.47. The third-order valence-electron chi connectivity index (χ3n) is 2.70. The third kappa shape index (κ3) is 3.73. The lowest BCUT2D eigenvalue weighted by molar-refractivity contribution is 0.466. The van der Waals surface area contributed by atoms with Crippen LogP contribution in [0.15, 0.2) is 64.9 Å². The van der Waals surface area contributed by atoms with E-state index < -0.39 is 25.2 Å². The highest BCUT2D eigenvalue weighted by Gasteiger charge is 2.62. The van der Waals surface area contributed by atoms with Gasteiger partial charge in [-0.15, -0.1) is 15.5 Å². The summed E-state index contributed by atoms with van der Waals surface area (Å²) in [7, 11) is -8.63. The molecule has 0 nitrogen and oxygen atoms in total. The maximum absolute atomic E-state index is 14.2. The van der Waals surface area contributed by atoms with Crippen molar-refractivity contribution in [3.05, 3.63) is 70.6 Å². The first-order valence-corrected chi connectivity index (χ1v) is 8.58. The minimum absolute atomic E-state index is 0.0868. The Bertz CT molecular complexity index is 690. The lowest BCUT2D eigenvalue weighted by atomic mass is 10.2. The number of rotatable bonds is 3. The average molecular weight is 357 g/mol. The first kappa shape index (κ1) is 16.2. The predicted octanol–water partition coefficient (Wildman–Crippen LogP) is 7.35.